The van der Waals surface area contributed by atoms with E-state index in [0.717, 1.165) is 11.5 Å². The maximum Gasteiger partial charge on any atom is 0.139 e. The van der Waals surface area contributed by atoms with Crippen LogP contribution in [0.4, 0.5) is 5.00 Å². The molecule has 5 heteroatoms. The number of nitrogen functional groups attached to an aromatic ring is 1. The van der Waals surface area contributed by atoms with Gasteiger partial charge in [-0.3, -0.25) is 0 Å². The summed E-state index contributed by atoms with van der Waals surface area (Å²) in [4.78, 5) is 0. The molecule has 2 N–H and O–H groups in total. The number of anilines is 1. The smallest absolute Gasteiger partial charge is 0.139 e. The molecule has 3 nitrogen and oxygen atoms in total. The van der Waals surface area contributed by atoms with Gasteiger partial charge in [0.1, 0.15) is 21.2 Å². The van der Waals surface area contributed by atoms with Gasteiger partial charge in [-0.15, -0.1) is 0 Å². The van der Waals surface area contributed by atoms with Gasteiger partial charge in [0, 0.05) is 0 Å². The third-order valence-electron chi connectivity index (χ3n) is 0.789. The van der Waals surface area contributed by atoms with Gasteiger partial charge >= 0.3 is 0 Å². The summed E-state index contributed by atoms with van der Waals surface area (Å²) >= 11 is 4.19. The second-order valence-electron chi connectivity index (χ2n) is 1.32. The fraction of sp³-hybridized carbons (Fsp3) is 0. The van der Waals surface area contributed by atoms with Gasteiger partial charge in [0.25, 0.3) is 0 Å². The van der Waals surface area contributed by atoms with Gasteiger partial charge in [0.15, 0.2) is 0 Å². The van der Waals surface area contributed by atoms with Gasteiger partial charge < -0.3 is 5.73 Å². The molecule has 9 heavy (non-hydrogen) atoms. The highest BCUT2D eigenvalue weighted by Crippen LogP contribution is 2.24. The SMILES string of the molecule is N#Cc1c(Br)nsc1N. The van der Waals surface area contributed by atoms with Crippen molar-refractivity contribution in [3.8, 4) is 6.07 Å². The Labute approximate surface area is 64.4 Å². The van der Waals surface area contributed by atoms with E-state index in [-0.39, 0.29) is 0 Å². The number of nitrogens with two attached hydrogens (primary N) is 1. The molecular formula is C4H2BrN3S. The Balaban J connectivity index is 3.27. The van der Waals surface area contributed by atoms with Crippen molar-refractivity contribution >= 4 is 32.5 Å². The van der Waals surface area contributed by atoms with Crippen molar-refractivity contribution < 1.29 is 0 Å². The number of nitriles is 1. The van der Waals surface area contributed by atoms with Gasteiger partial charge in [-0.25, -0.2) is 0 Å². The number of aromatic nitrogens is 1. The highest BCUT2D eigenvalue weighted by atomic mass is 79.9. The van der Waals surface area contributed by atoms with Gasteiger partial charge in [-0.1, -0.05) is 0 Å². The van der Waals surface area contributed by atoms with Crippen LogP contribution in [0.5, 0.6) is 0 Å². The van der Waals surface area contributed by atoms with Gasteiger partial charge in [0.05, 0.1) is 0 Å². The monoisotopic (exact) mass is 203 g/mol. The first-order valence-electron chi connectivity index (χ1n) is 2.06. The lowest BCUT2D eigenvalue weighted by Gasteiger charge is -1.79. The fourth-order valence-corrected chi connectivity index (χ4v) is 1.54. The van der Waals surface area contributed by atoms with Crippen LogP contribution in [0.15, 0.2) is 4.60 Å². The Morgan fingerprint density at radius 1 is 1.78 bits per heavy atom. The number of hydrogen-bond acceptors (Lipinski definition) is 4. The summed E-state index contributed by atoms with van der Waals surface area (Å²) in [7, 11) is 0. The molecule has 0 aliphatic heterocycles. The second-order valence-corrected chi connectivity index (χ2v) is 2.88. The van der Waals surface area contributed by atoms with Crippen molar-refractivity contribution in [3.63, 3.8) is 0 Å². The lowest BCUT2D eigenvalue weighted by Crippen LogP contribution is -1.81. The van der Waals surface area contributed by atoms with Gasteiger partial charge in [-0.2, -0.15) is 9.64 Å². The summed E-state index contributed by atoms with van der Waals surface area (Å²) in [5, 5.41) is 8.86. The van der Waals surface area contributed by atoms with E-state index < -0.39 is 0 Å². The predicted octanol–water partition coefficient (Wildman–Crippen LogP) is 1.36. The fourth-order valence-electron chi connectivity index (χ4n) is 0.383. The quantitative estimate of drug-likeness (QED) is 0.693. The highest BCUT2D eigenvalue weighted by Gasteiger charge is 2.05. The van der Waals surface area contributed by atoms with Crippen molar-refractivity contribution in [2.45, 2.75) is 0 Å². The van der Waals surface area contributed by atoms with Crippen molar-refractivity contribution in [3.05, 3.63) is 10.2 Å². The molecule has 0 aliphatic carbocycles. The minimum atomic E-state index is 0.431. The summed E-state index contributed by atoms with van der Waals surface area (Å²) in [6, 6.07) is 1.92. The Bertz CT molecular complexity index is 242. The predicted molar refractivity (Wildman–Crippen MR) is 38.9 cm³/mol. The molecule has 0 bridgehead atoms. The molecule has 0 radical (unpaired) electrons. The number of hydrogen-bond donors (Lipinski definition) is 1. The average Bonchev–Trinajstić information content (AvgIpc) is 2.12. The lowest BCUT2D eigenvalue weighted by molar-refractivity contribution is 1.43. The van der Waals surface area contributed by atoms with E-state index in [9.17, 15) is 0 Å². The molecule has 0 aliphatic rings. The molecule has 1 aromatic heterocycles. The van der Waals surface area contributed by atoms with Gasteiger partial charge in [-0.05, 0) is 27.5 Å². The number of nitrogens with zero attached hydrogens (tertiary/aromatic N) is 2. The molecule has 0 saturated heterocycles. The van der Waals surface area contributed by atoms with E-state index in [0.29, 0.717) is 15.2 Å². The Morgan fingerprint density at radius 2 is 2.44 bits per heavy atom. The maximum absolute atomic E-state index is 8.39. The zero-order valence-corrected chi connectivity index (χ0v) is 6.66. The molecule has 0 aromatic carbocycles. The standard InChI is InChI=1S/C4H2BrN3S/c5-3-2(1-6)4(7)9-8-3/h7H2. The van der Waals surface area contributed by atoms with Crippen LogP contribution >= 0.6 is 27.5 Å². The number of halogens is 1. The second kappa shape index (κ2) is 2.33. The zero-order valence-electron chi connectivity index (χ0n) is 4.26. The van der Waals surface area contributed by atoms with E-state index in [4.69, 9.17) is 11.0 Å². The lowest BCUT2D eigenvalue weighted by atomic mass is 10.4. The third-order valence-corrected chi connectivity index (χ3v) is 2.27. The van der Waals surface area contributed by atoms with Crippen molar-refractivity contribution in [1.29, 1.82) is 5.26 Å². The van der Waals surface area contributed by atoms with Crippen LogP contribution in [0.3, 0.4) is 0 Å². The minimum Gasteiger partial charge on any atom is -0.388 e. The summed E-state index contributed by atoms with van der Waals surface area (Å²) in [5.74, 6) is 0. The molecular weight excluding hydrogens is 202 g/mol. The van der Waals surface area contributed by atoms with Crippen LogP contribution < -0.4 is 5.73 Å². The van der Waals surface area contributed by atoms with Crippen LogP contribution in [0.2, 0.25) is 0 Å². The van der Waals surface area contributed by atoms with Gasteiger partial charge in [0.2, 0.25) is 0 Å². The molecule has 1 heterocycles. The van der Waals surface area contributed by atoms with Crippen LogP contribution in [0.25, 0.3) is 0 Å². The van der Waals surface area contributed by atoms with E-state index >= 15 is 0 Å². The summed E-state index contributed by atoms with van der Waals surface area (Å²) < 4.78 is 4.33. The average molecular weight is 204 g/mol. The summed E-state index contributed by atoms with van der Waals surface area (Å²) in [6.07, 6.45) is 0. The first-order chi connectivity index (χ1) is 4.25. The first kappa shape index (κ1) is 6.52. The van der Waals surface area contributed by atoms with Crippen LogP contribution in [-0.4, -0.2) is 4.37 Å². The molecule has 0 amide bonds. The molecule has 1 aromatic rings. The van der Waals surface area contributed by atoms with E-state index in [1.807, 2.05) is 6.07 Å². The number of rotatable bonds is 0. The normalized spacial score (nSPS) is 8.89. The molecule has 46 valence electrons. The summed E-state index contributed by atoms with van der Waals surface area (Å²) in [6.45, 7) is 0. The van der Waals surface area contributed by atoms with Crippen molar-refractivity contribution in [2.24, 2.45) is 0 Å². The first-order valence-corrected chi connectivity index (χ1v) is 3.63. The molecule has 0 fully saturated rings. The van der Waals surface area contributed by atoms with Crippen molar-refractivity contribution in [2.75, 3.05) is 5.73 Å². The largest absolute Gasteiger partial charge is 0.388 e. The van der Waals surface area contributed by atoms with E-state index in [1.54, 1.807) is 0 Å². The molecule has 0 unspecified atom stereocenters. The van der Waals surface area contributed by atoms with E-state index in [2.05, 4.69) is 20.3 Å². The highest BCUT2D eigenvalue weighted by molar-refractivity contribution is 9.10. The third kappa shape index (κ3) is 1.04. The molecule has 0 saturated carbocycles. The topological polar surface area (TPSA) is 62.7 Å². The Morgan fingerprint density at radius 3 is 2.67 bits per heavy atom. The molecule has 1 rings (SSSR count). The van der Waals surface area contributed by atoms with Crippen molar-refractivity contribution in [1.82, 2.24) is 4.37 Å². The van der Waals surface area contributed by atoms with E-state index in [1.165, 1.54) is 0 Å². The molecule has 0 atom stereocenters. The summed E-state index contributed by atoms with van der Waals surface area (Å²) in [5.41, 5.74) is 5.79. The Hall–Kier alpha value is -0.600. The molecule has 0 spiro atoms. The Kier molecular flexibility index (Phi) is 1.69. The minimum absolute atomic E-state index is 0.431. The van der Waals surface area contributed by atoms with Crippen LogP contribution in [-0.2, 0) is 0 Å². The zero-order chi connectivity index (χ0) is 6.85. The maximum atomic E-state index is 8.39. The van der Waals surface area contributed by atoms with Crippen LogP contribution in [0.1, 0.15) is 5.56 Å². The van der Waals surface area contributed by atoms with Crippen LogP contribution in [0, 0.1) is 11.3 Å².